The van der Waals surface area contributed by atoms with Crippen molar-refractivity contribution in [1.82, 2.24) is 0 Å². The summed E-state index contributed by atoms with van der Waals surface area (Å²) in [5, 5.41) is 21.6. The molecule has 0 amide bonds. The summed E-state index contributed by atoms with van der Waals surface area (Å²) >= 11 is 0. The number of ether oxygens (including phenoxy) is 1. The summed E-state index contributed by atoms with van der Waals surface area (Å²) in [6, 6.07) is 3.56. The van der Waals surface area contributed by atoms with Crippen LogP contribution in [0, 0.1) is 5.92 Å². The molecule has 4 atom stereocenters. The van der Waals surface area contributed by atoms with Gasteiger partial charge in [0.25, 0.3) is 0 Å². The fourth-order valence-electron chi connectivity index (χ4n) is 5.22. The normalized spacial score (nSPS) is 41.7. The highest BCUT2D eigenvalue weighted by Gasteiger charge is 2.70. The standard InChI is InChI=1S/C17H16O4/c18-11-4-3-9-8-10-2-1-6-16-13(9)14(11)21-15(16)12(19)5-7-17(10,16)20/h3-5,7,10,15,18,20H,1-2,6,8H2. The Bertz CT molecular complexity index is 722. The van der Waals surface area contributed by atoms with Crippen LogP contribution in [0.3, 0.4) is 0 Å². The smallest absolute Gasteiger partial charge is 0.196 e. The molecule has 4 unspecified atom stereocenters. The van der Waals surface area contributed by atoms with Crippen LogP contribution in [0.2, 0.25) is 0 Å². The number of ketones is 1. The zero-order valence-electron chi connectivity index (χ0n) is 11.5. The first-order valence-corrected chi connectivity index (χ1v) is 7.55. The lowest BCUT2D eigenvalue weighted by atomic mass is 9.47. The fourth-order valence-corrected chi connectivity index (χ4v) is 5.22. The molecule has 2 bridgehead atoms. The van der Waals surface area contributed by atoms with E-state index in [9.17, 15) is 15.0 Å². The summed E-state index contributed by atoms with van der Waals surface area (Å²) in [7, 11) is 0. The van der Waals surface area contributed by atoms with Crippen molar-refractivity contribution >= 4 is 5.78 Å². The fraction of sp³-hybridized carbons (Fsp3) is 0.471. The third kappa shape index (κ3) is 1.06. The highest BCUT2D eigenvalue weighted by Crippen LogP contribution is 2.65. The molecular formula is C17H16O4. The molecule has 5 rings (SSSR count). The molecule has 1 spiro atoms. The van der Waals surface area contributed by atoms with E-state index >= 15 is 0 Å². The SMILES string of the molecule is O=C1C=CC2(O)C3CCCC24c2c(ccc(O)c2OC14)C3. The van der Waals surface area contributed by atoms with E-state index in [1.165, 1.54) is 6.08 Å². The van der Waals surface area contributed by atoms with E-state index in [-0.39, 0.29) is 17.5 Å². The molecule has 4 aliphatic rings. The van der Waals surface area contributed by atoms with Gasteiger partial charge in [-0.15, -0.1) is 0 Å². The Morgan fingerprint density at radius 2 is 2.19 bits per heavy atom. The van der Waals surface area contributed by atoms with E-state index < -0.39 is 17.1 Å². The molecule has 4 heteroatoms. The van der Waals surface area contributed by atoms with E-state index in [0.717, 1.165) is 36.8 Å². The van der Waals surface area contributed by atoms with E-state index in [4.69, 9.17) is 4.74 Å². The van der Waals surface area contributed by atoms with Gasteiger partial charge in [-0.05, 0) is 49.0 Å². The van der Waals surface area contributed by atoms with Crippen molar-refractivity contribution in [2.45, 2.75) is 42.8 Å². The summed E-state index contributed by atoms with van der Waals surface area (Å²) in [6.07, 6.45) is 5.90. The summed E-state index contributed by atoms with van der Waals surface area (Å²) in [5.74, 6) is 0.485. The minimum Gasteiger partial charge on any atom is -0.504 e. The maximum absolute atomic E-state index is 12.4. The van der Waals surface area contributed by atoms with Gasteiger partial charge in [0.2, 0.25) is 0 Å². The first-order valence-electron chi connectivity index (χ1n) is 7.55. The quantitative estimate of drug-likeness (QED) is 0.759. The monoisotopic (exact) mass is 284 g/mol. The van der Waals surface area contributed by atoms with Crippen LogP contribution >= 0.6 is 0 Å². The zero-order valence-corrected chi connectivity index (χ0v) is 11.5. The van der Waals surface area contributed by atoms with Crippen LogP contribution in [0.5, 0.6) is 11.5 Å². The van der Waals surface area contributed by atoms with Gasteiger partial charge >= 0.3 is 0 Å². The van der Waals surface area contributed by atoms with Gasteiger partial charge in [0.15, 0.2) is 23.4 Å². The molecule has 108 valence electrons. The number of phenols is 1. The molecule has 21 heavy (non-hydrogen) atoms. The van der Waals surface area contributed by atoms with Gasteiger partial charge in [-0.1, -0.05) is 12.5 Å². The molecule has 4 nitrogen and oxygen atoms in total. The lowest BCUT2D eigenvalue weighted by Crippen LogP contribution is -2.68. The second-order valence-electron chi connectivity index (χ2n) is 6.77. The van der Waals surface area contributed by atoms with Crippen molar-refractivity contribution in [3.63, 3.8) is 0 Å². The Labute approximate surface area is 122 Å². The van der Waals surface area contributed by atoms with Crippen LogP contribution in [0.25, 0.3) is 0 Å². The number of benzene rings is 1. The van der Waals surface area contributed by atoms with Crippen LogP contribution in [-0.2, 0) is 16.6 Å². The molecule has 3 aliphatic carbocycles. The third-order valence-corrected chi connectivity index (χ3v) is 6.04. The Kier molecular flexibility index (Phi) is 1.87. The molecule has 1 fully saturated rings. The summed E-state index contributed by atoms with van der Waals surface area (Å²) in [6.45, 7) is 0. The van der Waals surface area contributed by atoms with Crippen LogP contribution in [-0.4, -0.2) is 27.7 Å². The lowest BCUT2D eigenvalue weighted by Gasteiger charge is -2.57. The van der Waals surface area contributed by atoms with Gasteiger partial charge in [-0.2, -0.15) is 0 Å². The Morgan fingerprint density at radius 1 is 1.33 bits per heavy atom. The van der Waals surface area contributed by atoms with Crippen molar-refractivity contribution in [3.8, 4) is 11.5 Å². The Hall–Kier alpha value is -1.81. The predicted octanol–water partition coefficient (Wildman–Crippen LogP) is 1.62. The number of rotatable bonds is 0. The van der Waals surface area contributed by atoms with Crippen molar-refractivity contribution in [2.24, 2.45) is 5.92 Å². The van der Waals surface area contributed by atoms with Gasteiger partial charge in [0.1, 0.15) is 5.60 Å². The minimum absolute atomic E-state index is 0.0664. The minimum atomic E-state index is -1.03. The maximum Gasteiger partial charge on any atom is 0.196 e. The summed E-state index contributed by atoms with van der Waals surface area (Å²) in [5.41, 5.74) is 0.255. The highest BCUT2D eigenvalue weighted by molar-refractivity contribution is 5.98. The molecule has 1 saturated carbocycles. The van der Waals surface area contributed by atoms with Gasteiger partial charge in [-0.3, -0.25) is 4.79 Å². The van der Waals surface area contributed by atoms with E-state index in [1.54, 1.807) is 12.1 Å². The average molecular weight is 284 g/mol. The maximum atomic E-state index is 12.4. The van der Waals surface area contributed by atoms with Gasteiger partial charge in [0.05, 0.1) is 5.41 Å². The molecule has 1 aromatic carbocycles. The first-order chi connectivity index (χ1) is 10.1. The van der Waals surface area contributed by atoms with Gasteiger partial charge in [0, 0.05) is 5.56 Å². The number of aliphatic hydroxyl groups is 1. The summed E-state index contributed by atoms with van der Waals surface area (Å²) < 4.78 is 5.88. The second kappa shape index (κ2) is 3.33. The molecule has 1 heterocycles. The predicted molar refractivity (Wildman–Crippen MR) is 74.3 cm³/mol. The van der Waals surface area contributed by atoms with E-state index in [1.807, 2.05) is 6.07 Å². The number of hydrogen-bond acceptors (Lipinski definition) is 4. The van der Waals surface area contributed by atoms with Crippen molar-refractivity contribution in [3.05, 3.63) is 35.4 Å². The highest BCUT2D eigenvalue weighted by atomic mass is 16.5. The molecular weight excluding hydrogens is 268 g/mol. The van der Waals surface area contributed by atoms with Crippen LogP contribution in [0.1, 0.15) is 30.4 Å². The number of carbonyl (C=O) groups is 1. The number of hydrogen-bond donors (Lipinski definition) is 2. The third-order valence-electron chi connectivity index (χ3n) is 6.04. The molecule has 2 N–H and O–H groups in total. The topological polar surface area (TPSA) is 66.8 Å². The van der Waals surface area contributed by atoms with E-state index in [0.29, 0.717) is 5.75 Å². The average Bonchev–Trinajstić information content (AvgIpc) is 2.80. The molecule has 0 aromatic heterocycles. The van der Waals surface area contributed by atoms with Gasteiger partial charge < -0.3 is 14.9 Å². The van der Waals surface area contributed by atoms with E-state index in [2.05, 4.69) is 0 Å². The Balaban J connectivity index is 1.93. The molecule has 1 aromatic rings. The number of aromatic hydroxyl groups is 1. The molecule has 0 saturated heterocycles. The van der Waals surface area contributed by atoms with Crippen molar-refractivity contribution in [1.29, 1.82) is 0 Å². The van der Waals surface area contributed by atoms with Crippen LogP contribution < -0.4 is 4.74 Å². The lowest BCUT2D eigenvalue weighted by molar-refractivity contribution is -0.144. The van der Waals surface area contributed by atoms with Crippen LogP contribution in [0.4, 0.5) is 0 Å². The zero-order chi connectivity index (χ0) is 14.4. The van der Waals surface area contributed by atoms with Crippen molar-refractivity contribution in [2.75, 3.05) is 0 Å². The molecule has 1 aliphatic heterocycles. The van der Waals surface area contributed by atoms with Crippen molar-refractivity contribution < 1.29 is 19.7 Å². The molecule has 0 radical (unpaired) electrons. The van der Waals surface area contributed by atoms with Gasteiger partial charge in [-0.25, -0.2) is 0 Å². The number of carbonyl (C=O) groups excluding carboxylic acids is 1. The Morgan fingerprint density at radius 3 is 3.05 bits per heavy atom. The second-order valence-corrected chi connectivity index (χ2v) is 6.77. The van der Waals surface area contributed by atoms with Crippen LogP contribution in [0.15, 0.2) is 24.3 Å². The summed E-state index contributed by atoms with van der Waals surface area (Å²) in [4.78, 5) is 12.4. The first kappa shape index (κ1) is 11.8. The largest absolute Gasteiger partial charge is 0.504 e. The number of phenolic OH excluding ortho intramolecular Hbond substituents is 1.